The van der Waals surface area contributed by atoms with Gasteiger partial charge in [-0.1, -0.05) is 20.3 Å². The third-order valence-electron chi connectivity index (χ3n) is 3.25. The van der Waals surface area contributed by atoms with E-state index in [2.05, 4.69) is 36.8 Å². The van der Waals surface area contributed by atoms with Crippen LogP contribution in [0.15, 0.2) is 0 Å². The molecule has 0 radical (unpaired) electrons. The molecule has 1 rings (SSSR count). The average Bonchev–Trinajstić information content (AvgIpc) is 2.21. The zero-order chi connectivity index (χ0) is 10.6. The maximum atomic E-state index is 9.14. The molecule has 0 aliphatic carbocycles. The molecule has 1 aliphatic rings. The Hall–Kier alpha value is -0.590. The van der Waals surface area contributed by atoms with Gasteiger partial charge in [-0.05, 0) is 13.0 Å². The lowest BCUT2D eigenvalue weighted by molar-refractivity contribution is 0.109. The fraction of sp³-hybridized carbons (Fsp3) is 0.909. The Morgan fingerprint density at radius 2 is 1.86 bits per heavy atom. The molecule has 3 nitrogen and oxygen atoms in total. The molecule has 1 heterocycles. The predicted molar refractivity (Wildman–Crippen MR) is 57.9 cm³/mol. The van der Waals surface area contributed by atoms with E-state index in [-0.39, 0.29) is 6.04 Å². The molecule has 1 aliphatic heterocycles. The minimum Gasteiger partial charge on any atom is -0.304 e. The van der Waals surface area contributed by atoms with E-state index in [1.165, 1.54) is 0 Å². The van der Waals surface area contributed by atoms with Crippen molar-refractivity contribution in [1.82, 2.24) is 9.80 Å². The summed E-state index contributed by atoms with van der Waals surface area (Å²) in [6.07, 6.45) is 1.09. The first-order valence-electron chi connectivity index (χ1n) is 5.51. The van der Waals surface area contributed by atoms with E-state index in [0.29, 0.717) is 5.92 Å². The highest BCUT2D eigenvalue weighted by molar-refractivity contribution is 4.96. The van der Waals surface area contributed by atoms with E-state index in [9.17, 15) is 0 Å². The van der Waals surface area contributed by atoms with Crippen LogP contribution in [0.3, 0.4) is 0 Å². The Morgan fingerprint density at radius 3 is 2.29 bits per heavy atom. The molecule has 0 bridgehead atoms. The molecule has 0 spiro atoms. The summed E-state index contributed by atoms with van der Waals surface area (Å²) in [5.41, 5.74) is 0. The van der Waals surface area contributed by atoms with Crippen LogP contribution in [0.2, 0.25) is 0 Å². The van der Waals surface area contributed by atoms with Crippen molar-refractivity contribution in [3.63, 3.8) is 0 Å². The summed E-state index contributed by atoms with van der Waals surface area (Å²) in [4.78, 5) is 4.65. The van der Waals surface area contributed by atoms with Crippen molar-refractivity contribution in [2.75, 3.05) is 33.2 Å². The van der Waals surface area contributed by atoms with Crippen LogP contribution in [-0.2, 0) is 0 Å². The minimum atomic E-state index is 0.119. The average molecular weight is 195 g/mol. The zero-order valence-electron chi connectivity index (χ0n) is 9.53. The van der Waals surface area contributed by atoms with Gasteiger partial charge in [0.25, 0.3) is 0 Å². The van der Waals surface area contributed by atoms with Gasteiger partial charge in [0, 0.05) is 26.2 Å². The molecule has 14 heavy (non-hydrogen) atoms. The van der Waals surface area contributed by atoms with Crippen LogP contribution in [0, 0.1) is 17.2 Å². The van der Waals surface area contributed by atoms with Gasteiger partial charge >= 0.3 is 0 Å². The van der Waals surface area contributed by atoms with Crippen molar-refractivity contribution in [3.05, 3.63) is 0 Å². The molecule has 0 aromatic rings. The van der Waals surface area contributed by atoms with Gasteiger partial charge in [-0.3, -0.25) is 4.90 Å². The van der Waals surface area contributed by atoms with Gasteiger partial charge in [-0.15, -0.1) is 0 Å². The maximum absolute atomic E-state index is 9.14. The second kappa shape index (κ2) is 5.33. The van der Waals surface area contributed by atoms with Gasteiger partial charge in [0.2, 0.25) is 0 Å². The van der Waals surface area contributed by atoms with Crippen LogP contribution in [0.1, 0.15) is 20.3 Å². The van der Waals surface area contributed by atoms with Crippen LogP contribution >= 0.6 is 0 Å². The number of likely N-dealkylation sites (N-methyl/N-ethyl adjacent to an activating group) is 1. The summed E-state index contributed by atoms with van der Waals surface area (Å²) >= 11 is 0. The van der Waals surface area contributed by atoms with Gasteiger partial charge in [0.15, 0.2) is 0 Å². The molecular weight excluding hydrogens is 174 g/mol. The zero-order valence-corrected chi connectivity index (χ0v) is 9.53. The van der Waals surface area contributed by atoms with Crippen molar-refractivity contribution in [1.29, 1.82) is 5.26 Å². The molecule has 2 unspecified atom stereocenters. The Balaban J connectivity index is 2.50. The van der Waals surface area contributed by atoms with Crippen LogP contribution < -0.4 is 0 Å². The highest BCUT2D eigenvalue weighted by Crippen LogP contribution is 2.15. The topological polar surface area (TPSA) is 30.3 Å². The molecule has 80 valence electrons. The second-order valence-corrected chi connectivity index (χ2v) is 4.30. The number of hydrogen-bond acceptors (Lipinski definition) is 3. The van der Waals surface area contributed by atoms with Gasteiger partial charge in [-0.25, -0.2) is 0 Å². The van der Waals surface area contributed by atoms with Gasteiger partial charge in [0.05, 0.1) is 6.07 Å². The smallest absolute Gasteiger partial charge is 0.100 e. The molecular formula is C11H21N3. The summed E-state index contributed by atoms with van der Waals surface area (Å²) in [6, 6.07) is 2.56. The number of rotatable bonds is 3. The number of nitriles is 1. The molecule has 2 atom stereocenters. The summed E-state index contributed by atoms with van der Waals surface area (Å²) in [5, 5.41) is 9.14. The quantitative estimate of drug-likeness (QED) is 0.677. The normalized spacial score (nSPS) is 24.1. The van der Waals surface area contributed by atoms with E-state index in [4.69, 9.17) is 5.26 Å². The summed E-state index contributed by atoms with van der Waals surface area (Å²) < 4.78 is 0. The predicted octanol–water partition coefficient (Wildman–Crippen LogP) is 1.17. The maximum Gasteiger partial charge on any atom is 0.100 e. The largest absolute Gasteiger partial charge is 0.304 e. The van der Waals surface area contributed by atoms with E-state index in [0.717, 1.165) is 32.6 Å². The molecule has 0 aromatic heterocycles. The summed E-state index contributed by atoms with van der Waals surface area (Å²) in [7, 11) is 2.14. The number of nitrogens with zero attached hydrogens (tertiary/aromatic N) is 3. The summed E-state index contributed by atoms with van der Waals surface area (Å²) in [5.74, 6) is 0.489. The SMILES string of the molecule is CCC(C)C(C#N)N1CCN(C)CC1. The van der Waals surface area contributed by atoms with Crippen molar-refractivity contribution < 1.29 is 0 Å². The van der Waals surface area contributed by atoms with Crippen molar-refractivity contribution in [2.24, 2.45) is 5.92 Å². The lowest BCUT2D eigenvalue weighted by atomic mass is 9.98. The van der Waals surface area contributed by atoms with Gasteiger partial charge in [-0.2, -0.15) is 5.26 Å². The van der Waals surface area contributed by atoms with Crippen LogP contribution in [0.4, 0.5) is 0 Å². The Morgan fingerprint density at radius 1 is 1.29 bits per heavy atom. The number of hydrogen-bond donors (Lipinski definition) is 0. The third-order valence-corrected chi connectivity index (χ3v) is 3.25. The third kappa shape index (κ3) is 2.70. The van der Waals surface area contributed by atoms with Crippen LogP contribution in [0.25, 0.3) is 0 Å². The first-order valence-corrected chi connectivity index (χ1v) is 5.51. The summed E-state index contributed by atoms with van der Waals surface area (Å²) in [6.45, 7) is 8.60. The van der Waals surface area contributed by atoms with Crippen LogP contribution in [0.5, 0.6) is 0 Å². The van der Waals surface area contributed by atoms with Crippen molar-refractivity contribution >= 4 is 0 Å². The Labute approximate surface area is 87.3 Å². The fourth-order valence-electron chi connectivity index (χ4n) is 1.89. The Kier molecular flexibility index (Phi) is 4.37. The molecule has 1 saturated heterocycles. The van der Waals surface area contributed by atoms with Gasteiger partial charge in [0.1, 0.15) is 6.04 Å². The molecule has 0 N–H and O–H groups in total. The fourth-order valence-corrected chi connectivity index (χ4v) is 1.89. The van der Waals surface area contributed by atoms with E-state index < -0.39 is 0 Å². The first kappa shape index (κ1) is 11.5. The molecule has 0 aromatic carbocycles. The molecule has 0 saturated carbocycles. The minimum absolute atomic E-state index is 0.119. The standard InChI is InChI=1S/C11H21N3/c1-4-10(2)11(9-12)14-7-5-13(3)6-8-14/h10-11H,4-8H2,1-3H3. The lowest BCUT2D eigenvalue weighted by Crippen LogP contribution is -2.50. The monoisotopic (exact) mass is 195 g/mol. The Bertz CT molecular complexity index is 201. The van der Waals surface area contributed by atoms with E-state index in [1.54, 1.807) is 0 Å². The highest BCUT2D eigenvalue weighted by atomic mass is 15.3. The highest BCUT2D eigenvalue weighted by Gasteiger charge is 2.25. The van der Waals surface area contributed by atoms with Gasteiger partial charge < -0.3 is 4.90 Å². The first-order chi connectivity index (χ1) is 6.69. The molecule has 1 fully saturated rings. The molecule has 3 heteroatoms. The van der Waals surface area contributed by atoms with Crippen LogP contribution in [-0.4, -0.2) is 49.1 Å². The number of piperazine rings is 1. The van der Waals surface area contributed by atoms with E-state index in [1.807, 2.05) is 0 Å². The van der Waals surface area contributed by atoms with Crippen molar-refractivity contribution in [3.8, 4) is 6.07 Å². The lowest BCUT2D eigenvalue weighted by Gasteiger charge is -2.37. The van der Waals surface area contributed by atoms with E-state index >= 15 is 0 Å². The molecule has 0 amide bonds. The second-order valence-electron chi connectivity index (χ2n) is 4.30. The van der Waals surface area contributed by atoms with Crippen molar-refractivity contribution in [2.45, 2.75) is 26.3 Å².